The summed E-state index contributed by atoms with van der Waals surface area (Å²) in [5, 5.41) is 0. The summed E-state index contributed by atoms with van der Waals surface area (Å²) < 4.78 is 19.8. The van der Waals surface area contributed by atoms with Crippen molar-refractivity contribution in [2.24, 2.45) is 0 Å². The highest BCUT2D eigenvalue weighted by atomic mass is 28.4. The van der Waals surface area contributed by atoms with Crippen molar-refractivity contribution in [1.82, 2.24) is 0 Å². The third-order valence-electron chi connectivity index (χ3n) is 6.84. The fourth-order valence-corrected chi connectivity index (χ4v) is 7.43. The second-order valence-electron chi connectivity index (χ2n) is 15.1. The van der Waals surface area contributed by atoms with Crippen molar-refractivity contribution in [2.45, 2.75) is 137 Å². The molecule has 0 spiro atoms. The van der Waals surface area contributed by atoms with Gasteiger partial charge in [0, 0.05) is 12.8 Å². The number of carbonyl (C=O) groups excluding carboxylic acids is 2. The molecule has 0 aliphatic heterocycles. The molecule has 0 aliphatic carbocycles. The van der Waals surface area contributed by atoms with Crippen molar-refractivity contribution < 1.29 is 22.9 Å². The van der Waals surface area contributed by atoms with Crippen LogP contribution in [0, 0.1) is 0 Å². The summed E-state index contributed by atoms with van der Waals surface area (Å²) in [6, 6.07) is 10.3. The van der Waals surface area contributed by atoms with E-state index in [2.05, 4.69) is 104 Å². The second-order valence-corrected chi connectivity index (χ2v) is 28.4. The van der Waals surface area contributed by atoms with Gasteiger partial charge in [-0.1, -0.05) is 46.1 Å². The molecule has 0 aromatic heterocycles. The first kappa shape index (κ1) is 38.8. The van der Waals surface area contributed by atoms with Crippen LogP contribution in [0.5, 0.6) is 11.5 Å². The Bertz CT molecular complexity index is 1290. The van der Waals surface area contributed by atoms with Gasteiger partial charge in [-0.25, -0.2) is 0 Å². The van der Waals surface area contributed by atoms with E-state index >= 15 is 0 Å². The Morgan fingerprint density at radius 2 is 1.16 bits per heavy atom. The lowest BCUT2D eigenvalue weighted by molar-refractivity contribution is 0.0977. The van der Waals surface area contributed by atoms with Gasteiger partial charge in [-0.05, 0) is 126 Å². The lowest BCUT2D eigenvalue weighted by Gasteiger charge is -2.27. The minimum Gasteiger partial charge on any atom is -0.544 e. The first-order valence-electron chi connectivity index (χ1n) is 17.0. The lowest BCUT2D eigenvalue weighted by atomic mass is 9.92. The van der Waals surface area contributed by atoms with Crippen molar-refractivity contribution in [3.8, 4) is 11.5 Å². The molecule has 0 aliphatic rings. The molecule has 0 N–H and O–H groups in total. The van der Waals surface area contributed by atoms with E-state index in [1.54, 1.807) is 0 Å². The number of hydrogen-bond donors (Lipinski definition) is 0. The fourth-order valence-electron chi connectivity index (χ4n) is 4.91. The number of allylic oxidation sites excluding steroid dienone is 1. The molecule has 0 bridgehead atoms. The summed E-state index contributed by atoms with van der Waals surface area (Å²) in [6.45, 7) is 25.8. The van der Waals surface area contributed by atoms with E-state index in [0.29, 0.717) is 36.1 Å². The first-order valence-corrected chi connectivity index (χ1v) is 27.2. The fraction of sp³-hybridized carbons (Fsp3) is 0.568. The number of rotatable bonds is 19. The number of ketones is 2. The largest absolute Gasteiger partial charge is 0.544 e. The molecule has 2 aromatic carbocycles. The van der Waals surface area contributed by atoms with Crippen LogP contribution in [0.3, 0.4) is 0 Å². The maximum absolute atomic E-state index is 13.6. The topological polar surface area (TPSA) is 61.8 Å². The Hall–Kier alpha value is -2.43. The molecular weight excluding hydrogens is 609 g/mol. The normalized spacial score (nSPS) is 12.7. The molecular formula is C37H60O5Si3. The standard InChI is InChI=1S/C37H60O5Si3/c1-13-16-19-33(38)30-26-29(27-31(34(39)20-17-14-2)37(30)42-45(10,11)12)24-28-22-23-36(41-44(7,8)9)32(25-28)35(21-18-15-3)40-43(4,5)6/h21-23,25-27H,13-20,24H2,1-12H3/b35-21-. The highest BCUT2D eigenvalue weighted by molar-refractivity contribution is 6.71. The van der Waals surface area contributed by atoms with E-state index in [4.69, 9.17) is 13.3 Å². The summed E-state index contributed by atoms with van der Waals surface area (Å²) >= 11 is 0. The lowest BCUT2D eigenvalue weighted by Crippen LogP contribution is -2.31. The zero-order chi connectivity index (χ0) is 34.0. The van der Waals surface area contributed by atoms with E-state index in [-0.39, 0.29) is 11.6 Å². The molecule has 0 unspecified atom stereocenters. The number of hydrogen-bond acceptors (Lipinski definition) is 5. The molecule has 0 atom stereocenters. The monoisotopic (exact) mass is 668 g/mol. The third kappa shape index (κ3) is 13.4. The van der Waals surface area contributed by atoms with E-state index in [1.807, 2.05) is 12.1 Å². The quantitative estimate of drug-likeness (QED) is 0.0847. The van der Waals surface area contributed by atoms with Crippen LogP contribution in [-0.2, 0) is 10.8 Å². The predicted molar refractivity (Wildman–Crippen MR) is 199 cm³/mol. The molecule has 0 heterocycles. The van der Waals surface area contributed by atoms with Crippen LogP contribution in [0.1, 0.15) is 110 Å². The molecule has 45 heavy (non-hydrogen) atoms. The van der Waals surface area contributed by atoms with Crippen LogP contribution in [0.25, 0.3) is 5.76 Å². The zero-order valence-electron chi connectivity index (χ0n) is 30.4. The van der Waals surface area contributed by atoms with Gasteiger partial charge in [-0.3, -0.25) is 9.59 Å². The van der Waals surface area contributed by atoms with Crippen molar-refractivity contribution in [3.05, 3.63) is 64.2 Å². The van der Waals surface area contributed by atoms with E-state index in [0.717, 1.165) is 66.7 Å². The summed E-state index contributed by atoms with van der Waals surface area (Å²) in [7, 11) is -5.93. The molecule has 0 amide bonds. The summed E-state index contributed by atoms with van der Waals surface area (Å²) in [4.78, 5) is 27.3. The van der Waals surface area contributed by atoms with Gasteiger partial charge >= 0.3 is 0 Å². The average Bonchev–Trinajstić information content (AvgIpc) is 2.91. The van der Waals surface area contributed by atoms with Crippen LogP contribution in [0.4, 0.5) is 0 Å². The SMILES string of the molecule is CCC/C=C(\O[Si](C)(C)C)c1cc(Cc2cc(C(=O)CCCC)c(O[Si](C)(C)C)c(C(=O)CCCC)c2)ccc1O[Si](C)(C)C. The van der Waals surface area contributed by atoms with Gasteiger partial charge in [0.2, 0.25) is 25.0 Å². The van der Waals surface area contributed by atoms with Crippen LogP contribution in [0.2, 0.25) is 58.9 Å². The Morgan fingerprint density at radius 3 is 1.60 bits per heavy atom. The van der Waals surface area contributed by atoms with E-state index in [1.165, 1.54) is 0 Å². The third-order valence-corrected chi connectivity index (χ3v) is 9.32. The maximum Gasteiger partial charge on any atom is 0.242 e. The Balaban J connectivity index is 2.78. The predicted octanol–water partition coefficient (Wildman–Crippen LogP) is 11.4. The van der Waals surface area contributed by atoms with Crippen molar-refractivity contribution in [2.75, 3.05) is 0 Å². The smallest absolute Gasteiger partial charge is 0.242 e. The van der Waals surface area contributed by atoms with Crippen molar-refractivity contribution in [1.29, 1.82) is 0 Å². The molecule has 5 nitrogen and oxygen atoms in total. The van der Waals surface area contributed by atoms with E-state index in [9.17, 15) is 9.59 Å². The molecule has 250 valence electrons. The summed E-state index contributed by atoms with van der Waals surface area (Å²) in [6.07, 6.45) is 9.07. The number of Topliss-reactive ketones (excluding diaryl/α,β-unsaturated/α-hetero) is 2. The average molecular weight is 669 g/mol. The second kappa shape index (κ2) is 16.9. The minimum absolute atomic E-state index is 0.0457. The van der Waals surface area contributed by atoms with Gasteiger partial charge in [0.15, 0.2) is 11.6 Å². The molecule has 0 radical (unpaired) electrons. The maximum atomic E-state index is 13.6. The molecule has 0 fully saturated rings. The Kier molecular flexibility index (Phi) is 14.6. The van der Waals surface area contributed by atoms with Gasteiger partial charge in [0.05, 0.1) is 16.7 Å². The Labute approximate surface area is 277 Å². The van der Waals surface area contributed by atoms with Gasteiger partial charge < -0.3 is 13.3 Å². The number of benzene rings is 2. The first-order chi connectivity index (χ1) is 20.9. The summed E-state index contributed by atoms with van der Waals surface area (Å²) in [5.74, 6) is 2.32. The number of carbonyl (C=O) groups is 2. The zero-order valence-corrected chi connectivity index (χ0v) is 33.4. The van der Waals surface area contributed by atoms with E-state index < -0.39 is 25.0 Å². The van der Waals surface area contributed by atoms with Gasteiger partial charge in [-0.2, -0.15) is 0 Å². The highest BCUT2D eigenvalue weighted by Crippen LogP contribution is 2.36. The Morgan fingerprint density at radius 1 is 0.644 bits per heavy atom. The highest BCUT2D eigenvalue weighted by Gasteiger charge is 2.28. The molecule has 2 rings (SSSR count). The summed E-state index contributed by atoms with van der Waals surface area (Å²) in [5.41, 5.74) is 4.09. The molecule has 8 heteroatoms. The number of unbranched alkanes of at least 4 members (excludes halogenated alkanes) is 3. The van der Waals surface area contributed by atoms with Crippen LogP contribution >= 0.6 is 0 Å². The minimum atomic E-state index is -2.12. The van der Waals surface area contributed by atoms with Crippen LogP contribution in [0.15, 0.2) is 36.4 Å². The van der Waals surface area contributed by atoms with Crippen LogP contribution < -0.4 is 8.85 Å². The van der Waals surface area contributed by atoms with Crippen molar-refractivity contribution in [3.63, 3.8) is 0 Å². The van der Waals surface area contributed by atoms with Crippen LogP contribution in [-0.4, -0.2) is 36.5 Å². The van der Waals surface area contributed by atoms with Gasteiger partial charge in [-0.15, -0.1) is 0 Å². The molecule has 0 saturated carbocycles. The molecule has 2 aromatic rings. The van der Waals surface area contributed by atoms with Gasteiger partial charge in [0.25, 0.3) is 0 Å². The van der Waals surface area contributed by atoms with Crippen molar-refractivity contribution >= 4 is 42.3 Å². The molecule has 0 saturated heterocycles. The van der Waals surface area contributed by atoms with Gasteiger partial charge in [0.1, 0.15) is 17.3 Å².